The SMILES string of the molecule is O=C1C(=Cc2ccccn2)N=C(c2ccccc2)N1Nc1nc(Nc2ccc(F)c(Cl)c2)nc(Nc2ccc(F)c(Cl)c2)n1. The Hall–Kier alpha value is -5.46. The molecule has 44 heavy (non-hydrogen) atoms. The number of hydrogen-bond donors (Lipinski definition) is 3. The van der Waals surface area contributed by atoms with E-state index in [1.807, 2.05) is 18.2 Å². The van der Waals surface area contributed by atoms with Crippen molar-refractivity contribution in [3.63, 3.8) is 0 Å². The quantitative estimate of drug-likeness (QED) is 0.157. The number of carbonyl (C=O) groups excluding carboxylic acids is 1. The van der Waals surface area contributed by atoms with Crippen molar-refractivity contribution in [2.75, 3.05) is 16.1 Å². The van der Waals surface area contributed by atoms with Crippen LogP contribution in [0.15, 0.2) is 102 Å². The van der Waals surface area contributed by atoms with Crippen LogP contribution >= 0.6 is 23.2 Å². The average Bonchev–Trinajstić information content (AvgIpc) is 3.32. The van der Waals surface area contributed by atoms with E-state index in [1.54, 1.807) is 42.6 Å². The largest absolute Gasteiger partial charge is 0.324 e. The first-order chi connectivity index (χ1) is 21.3. The monoisotopic (exact) mass is 629 g/mol. The molecule has 0 radical (unpaired) electrons. The van der Waals surface area contributed by atoms with Crippen LogP contribution in [0.3, 0.4) is 0 Å². The van der Waals surface area contributed by atoms with E-state index < -0.39 is 17.5 Å². The predicted molar refractivity (Wildman–Crippen MR) is 165 cm³/mol. The van der Waals surface area contributed by atoms with Gasteiger partial charge in [0.25, 0.3) is 5.91 Å². The number of anilines is 5. The molecule has 1 aliphatic heterocycles. The van der Waals surface area contributed by atoms with Gasteiger partial charge in [0, 0.05) is 23.1 Å². The molecular weight excluding hydrogens is 611 g/mol. The van der Waals surface area contributed by atoms with Crippen molar-refractivity contribution >= 4 is 70.2 Å². The Bertz CT molecular complexity index is 1850. The van der Waals surface area contributed by atoms with Gasteiger partial charge in [-0.3, -0.25) is 15.2 Å². The van der Waals surface area contributed by atoms with Gasteiger partial charge in [0.15, 0.2) is 5.84 Å². The molecule has 6 rings (SSSR count). The van der Waals surface area contributed by atoms with Crippen molar-refractivity contribution in [1.29, 1.82) is 0 Å². The van der Waals surface area contributed by atoms with Gasteiger partial charge in [0.05, 0.1) is 15.7 Å². The molecular formula is C30H19Cl2F2N9O. The number of carbonyl (C=O) groups is 1. The second-order valence-electron chi connectivity index (χ2n) is 9.15. The summed E-state index contributed by atoms with van der Waals surface area (Å²) >= 11 is 11.9. The number of halogens is 4. The molecule has 5 aromatic rings. The molecule has 3 N–H and O–H groups in total. The zero-order chi connectivity index (χ0) is 30.6. The fourth-order valence-electron chi connectivity index (χ4n) is 4.05. The van der Waals surface area contributed by atoms with E-state index in [-0.39, 0.29) is 39.4 Å². The molecule has 3 aromatic carbocycles. The van der Waals surface area contributed by atoms with E-state index in [0.29, 0.717) is 22.6 Å². The van der Waals surface area contributed by atoms with E-state index in [9.17, 15) is 13.6 Å². The molecule has 0 unspecified atom stereocenters. The minimum atomic E-state index is -0.597. The number of amides is 1. The van der Waals surface area contributed by atoms with Gasteiger partial charge in [-0.15, -0.1) is 0 Å². The summed E-state index contributed by atoms with van der Waals surface area (Å²) in [5.74, 6) is -1.44. The minimum absolute atomic E-state index is 0.00924. The van der Waals surface area contributed by atoms with Crippen LogP contribution in [0.25, 0.3) is 6.08 Å². The van der Waals surface area contributed by atoms with Crippen molar-refractivity contribution in [3.05, 3.63) is 130 Å². The van der Waals surface area contributed by atoms with Gasteiger partial charge in [-0.05, 0) is 54.6 Å². The molecule has 0 spiro atoms. The first-order valence-electron chi connectivity index (χ1n) is 12.9. The molecule has 0 aliphatic carbocycles. The first kappa shape index (κ1) is 28.6. The second-order valence-corrected chi connectivity index (χ2v) is 9.97. The van der Waals surface area contributed by atoms with Crippen LogP contribution in [0.2, 0.25) is 10.0 Å². The summed E-state index contributed by atoms with van der Waals surface area (Å²) in [7, 11) is 0. The van der Waals surface area contributed by atoms with Gasteiger partial charge in [-0.2, -0.15) is 20.0 Å². The third-order valence-electron chi connectivity index (χ3n) is 6.06. The van der Waals surface area contributed by atoms with Crippen molar-refractivity contribution in [2.24, 2.45) is 4.99 Å². The van der Waals surface area contributed by atoms with Gasteiger partial charge in [0.2, 0.25) is 17.8 Å². The van der Waals surface area contributed by atoms with E-state index in [4.69, 9.17) is 23.2 Å². The maximum atomic E-state index is 13.8. The van der Waals surface area contributed by atoms with Gasteiger partial charge in [0.1, 0.15) is 17.3 Å². The maximum Gasteiger partial charge on any atom is 0.297 e. The highest BCUT2D eigenvalue weighted by Crippen LogP contribution is 2.26. The van der Waals surface area contributed by atoms with E-state index in [0.717, 1.165) is 0 Å². The van der Waals surface area contributed by atoms with Crippen molar-refractivity contribution in [1.82, 2.24) is 24.9 Å². The number of pyridine rings is 1. The third-order valence-corrected chi connectivity index (χ3v) is 6.64. The van der Waals surface area contributed by atoms with Gasteiger partial charge < -0.3 is 10.6 Å². The van der Waals surface area contributed by atoms with Gasteiger partial charge in [-0.1, -0.05) is 59.6 Å². The molecule has 0 saturated heterocycles. The van der Waals surface area contributed by atoms with Crippen molar-refractivity contribution in [2.45, 2.75) is 0 Å². The lowest BCUT2D eigenvalue weighted by atomic mass is 10.2. The number of aliphatic imine (C=N–C) groups is 1. The summed E-state index contributed by atoms with van der Waals surface area (Å²) in [4.78, 5) is 35.6. The van der Waals surface area contributed by atoms with Crippen molar-refractivity contribution < 1.29 is 13.6 Å². The summed E-state index contributed by atoms with van der Waals surface area (Å²) < 4.78 is 27.5. The fourth-order valence-corrected chi connectivity index (χ4v) is 4.41. The Kier molecular flexibility index (Phi) is 8.08. The summed E-state index contributed by atoms with van der Waals surface area (Å²) in [6.45, 7) is 0. The van der Waals surface area contributed by atoms with Crippen LogP contribution in [-0.4, -0.2) is 36.7 Å². The molecule has 3 heterocycles. The van der Waals surface area contributed by atoms with Crippen LogP contribution in [0.4, 0.5) is 38.0 Å². The number of nitrogens with one attached hydrogen (secondary N) is 3. The fraction of sp³-hybridized carbons (Fsp3) is 0. The van der Waals surface area contributed by atoms with Crippen LogP contribution < -0.4 is 16.1 Å². The lowest BCUT2D eigenvalue weighted by molar-refractivity contribution is -0.121. The second kappa shape index (κ2) is 12.4. The topological polar surface area (TPSA) is 120 Å². The number of amidine groups is 1. The van der Waals surface area contributed by atoms with Crippen LogP contribution in [0.5, 0.6) is 0 Å². The van der Waals surface area contributed by atoms with Gasteiger partial charge >= 0.3 is 0 Å². The molecule has 218 valence electrons. The highest BCUT2D eigenvalue weighted by Gasteiger charge is 2.32. The van der Waals surface area contributed by atoms with Crippen molar-refractivity contribution in [3.8, 4) is 0 Å². The van der Waals surface area contributed by atoms with E-state index >= 15 is 0 Å². The van der Waals surface area contributed by atoms with E-state index in [1.165, 1.54) is 41.4 Å². The summed E-state index contributed by atoms with van der Waals surface area (Å²) in [5.41, 5.74) is 5.01. The van der Waals surface area contributed by atoms with Crippen LogP contribution in [0.1, 0.15) is 11.3 Å². The van der Waals surface area contributed by atoms with Crippen LogP contribution in [-0.2, 0) is 4.79 Å². The lowest BCUT2D eigenvalue weighted by Gasteiger charge is -2.20. The molecule has 1 aliphatic rings. The zero-order valence-electron chi connectivity index (χ0n) is 22.3. The lowest BCUT2D eigenvalue weighted by Crippen LogP contribution is -2.38. The Morgan fingerprint density at radius 3 is 1.89 bits per heavy atom. The van der Waals surface area contributed by atoms with E-state index in [2.05, 4.69) is 41.0 Å². The number of rotatable bonds is 8. The number of hydrogen-bond acceptors (Lipinski definition) is 9. The smallest absolute Gasteiger partial charge is 0.297 e. The third kappa shape index (κ3) is 6.46. The standard InChI is InChI=1S/C30H19Cl2F2N9O/c31-21-14-19(9-11-23(21)33)36-28-39-29(37-20-10-12-24(34)22(32)15-20)41-30(40-28)42-43-26(17-6-2-1-3-7-17)38-25(27(43)44)16-18-8-4-5-13-35-18/h1-16H,(H3,36,37,39,40,41,42). The molecule has 0 bridgehead atoms. The number of benzene rings is 3. The summed E-state index contributed by atoms with van der Waals surface area (Å²) in [5, 5.41) is 6.88. The molecule has 1 amide bonds. The van der Waals surface area contributed by atoms with Crippen LogP contribution in [0, 0.1) is 11.6 Å². The Balaban J connectivity index is 1.38. The summed E-state index contributed by atoms with van der Waals surface area (Å²) in [6, 6.07) is 22.4. The normalized spacial score (nSPS) is 13.6. The Morgan fingerprint density at radius 2 is 1.32 bits per heavy atom. The maximum absolute atomic E-state index is 13.8. The predicted octanol–water partition coefficient (Wildman–Crippen LogP) is 7.00. The molecule has 0 atom stereocenters. The molecule has 0 saturated carbocycles. The number of nitrogens with zero attached hydrogens (tertiary/aromatic N) is 6. The molecule has 14 heteroatoms. The number of aromatic nitrogens is 4. The minimum Gasteiger partial charge on any atom is -0.324 e. The number of hydrazine groups is 1. The highest BCUT2D eigenvalue weighted by molar-refractivity contribution is 6.31. The average molecular weight is 630 g/mol. The molecule has 0 fully saturated rings. The zero-order valence-corrected chi connectivity index (χ0v) is 23.9. The van der Waals surface area contributed by atoms with Gasteiger partial charge in [-0.25, -0.2) is 13.8 Å². The Morgan fingerprint density at radius 1 is 0.727 bits per heavy atom. The molecule has 10 nitrogen and oxygen atoms in total. The molecule has 2 aromatic heterocycles. The first-order valence-corrected chi connectivity index (χ1v) is 13.7. The highest BCUT2D eigenvalue weighted by atomic mass is 35.5. The summed E-state index contributed by atoms with van der Waals surface area (Å²) in [6.07, 6.45) is 3.18. The Labute approximate surface area is 259 Å².